The molecule has 0 saturated carbocycles. The average molecular weight is 329 g/mol. The van der Waals surface area contributed by atoms with Crippen LogP contribution in [0.3, 0.4) is 0 Å². The molecule has 0 heterocycles. The van der Waals surface area contributed by atoms with Crippen LogP contribution in [0.5, 0.6) is 0 Å². The second-order valence-corrected chi connectivity index (χ2v) is 6.40. The summed E-state index contributed by atoms with van der Waals surface area (Å²) in [6.07, 6.45) is 16.8. The lowest BCUT2D eigenvalue weighted by molar-refractivity contribution is -0.380. The monoisotopic (exact) mass is 328 g/mol. The number of hydrogen-bond acceptors (Lipinski definition) is 3. The fourth-order valence-electron chi connectivity index (χ4n) is 3.28. The Morgan fingerprint density at radius 1 is 0.783 bits per heavy atom. The molecule has 0 saturated heterocycles. The molecule has 0 aliphatic heterocycles. The molecule has 0 N–H and O–H groups in total. The lowest BCUT2D eigenvalue weighted by atomic mass is 9.91. The largest absolute Gasteiger partial charge is 0.331 e. The smallest absolute Gasteiger partial charge is 0.285 e. The Morgan fingerprint density at radius 2 is 1.26 bits per heavy atom. The fraction of sp³-hybridized carbons (Fsp3) is 0.900. The number of rotatable bonds is 17. The molecule has 0 aromatic heterocycles. The van der Waals surface area contributed by atoms with Crippen LogP contribution in [0.2, 0.25) is 0 Å². The van der Waals surface area contributed by atoms with Crippen molar-refractivity contribution in [1.82, 2.24) is 0 Å². The van der Waals surface area contributed by atoms with Gasteiger partial charge in [-0.3, -0.25) is 0 Å². The van der Waals surface area contributed by atoms with E-state index >= 15 is 0 Å². The van der Waals surface area contributed by atoms with Gasteiger partial charge in [0.2, 0.25) is 0 Å². The Labute approximate surface area is 144 Å². The summed E-state index contributed by atoms with van der Waals surface area (Å²) < 4.78 is 16.8. The van der Waals surface area contributed by atoms with Gasteiger partial charge in [-0.05, 0) is 25.7 Å². The highest BCUT2D eigenvalue weighted by atomic mass is 16.9. The van der Waals surface area contributed by atoms with Gasteiger partial charge in [0.05, 0.1) is 0 Å². The summed E-state index contributed by atoms with van der Waals surface area (Å²) in [4.78, 5) is 0. The first kappa shape index (κ1) is 22.6. The fourth-order valence-corrected chi connectivity index (χ4v) is 3.28. The average Bonchev–Trinajstić information content (AvgIpc) is 2.58. The molecular weight excluding hydrogens is 288 g/mol. The third-order valence-corrected chi connectivity index (χ3v) is 4.72. The van der Waals surface area contributed by atoms with E-state index in [-0.39, 0.29) is 5.92 Å². The van der Waals surface area contributed by atoms with Crippen LogP contribution in [0.15, 0.2) is 12.7 Å². The predicted molar refractivity (Wildman–Crippen MR) is 98.5 cm³/mol. The molecule has 0 aromatic carbocycles. The van der Waals surface area contributed by atoms with E-state index in [1.807, 2.05) is 6.08 Å². The van der Waals surface area contributed by atoms with Gasteiger partial charge in [0.25, 0.3) is 5.97 Å². The van der Waals surface area contributed by atoms with Gasteiger partial charge in [0, 0.05) is 27.2 Å². The Balaban J connectivity index is 4.33. The molecule has 0 amide bonds. The summed E-state index contributed by atoms with van der Waals surface area (Å²) in [5.41, 5.74) is 0. The minimum Gasteiger partial charge on any atom is -0.331 e. The molecule has 0 spiro atoms. The van der Waals surface area contributed by atoms with Crippen LogP contribution < -0.4 is 0 Å². The topological polar surface area (TPSA) is 27.7 Å². The van der Waals surface area contributed by atoms with Crippen LogP contribution in [0.1, 0.15) is 84.0 Å². The van der Waals surface area contributed by atoms with E-state index in [0.29, 0.717) is 0 Å². The number of allylic oxidation sites excluding steroid dienone is 1. The molecule has 0 rings (SSSR count). The van der Waals surface area contributed by atoms with Crippen LogP contribution in [0, 0.1) is 5.92 Å². The zero-order valence-corrected chi connectivity index (χ0v) is 16.1. The quantitative estimate of drug-likeness (QED) is 0.184. The van der Waals surface area contributed by atoms with Crippen molar-refractivity contribution >= 4 is 0 Å². The standard InChI is InChI=1S/C20H40O3/c1-6-8-10-12-14-16-18-19(17-15-13-11-9-7-2)20(21-3,22-4)23-5/h7,19H,2,6,8-18H2,1,3-5H3. The molecule has 3 nitrogen and oxygen atoms in total. The molecule has 138 valence electrons. The zero-order valence-electron chi connectivity index (χ0n) is 16.1. The van der Waals surface area contributed by atoms with Crippen LogP contribution in [0.25, 0.3) is 0 Å². The molecule has 0 aromatic rings. The molecule has 0 radical (unpaired) electrons. The maximum absolute atomic E-state index is 5.61. The normalized spacial score (nSPS) is 13.2. The van der Waals surface area contributed by atoms with Gasteiger partial charge in [-0.25, -0.2) is 0 Å². The van der Waals surface area contributed by atoms with Crippen LogP contribution in [-0.4, -0.2) is 27.3 Å². The first-order valence-electron chi connectivity index (χ1n) is 9.47. The Kier molecular flexibility index (Phi) is 14.9. The third kappa shape index (κ3) is 9.49. The van der Waals surface area contributed by atoms with E-state index in [1.165, 1.54) is 57.8 Å². The minimum atomic E-state index is -0.887. The molecule has 1 unspecified atom stereocenters. The van der Waals surface area contributed by atoms with Crippen molar-refractivity contribution in [2.24, 2.45) is 5.92 Å². The van der Waals surface area contributed by atoms with Crippen molar-refractivity contribution in [1.29, 1.82) is 0 Å². The zero-order chi connectivity index (χ0) is 17.4. The van der Waals surface area contributed by atoms with Gasteiger partial charge in [-0.2, -0.15) is 0 Å². The number of hydrogen-bond donors (Lipinski definition) is 0. The van der Waals surface area contributed by atoms with E-state index in [2.05, 4.69) is 13.5 Å². The number of unbranched alkanes of at least 4 members (excludes halogenated alkanes) is 8. The summed E-state index contributed by atoms with van der Waals surface area (Å²) >= 11 is 0. The third-order valence-electron chi connectivity index (χ3n) is 4.72. The molecule has 0 aliphatic carbocycles. The van der Waals surface area contributed by atoms with Gasteiger partial charge in [0.15, 0.2) is 0 Å². The Hall–Kier alpha value is -0.380. The molecule has 3 heteroatoms. The van der Waals surface area contributed by atoms with E-state index in [9.17, 15) is 0 Å². The molecular formula is C20H40O3. The molecule has 0 fully saturated rings. The first-order chi connectivity index (χ1) is 11.2. The predicted octanol–water partition coefficient (Wildman–Crippen LogP) is 6.08. The highest BCUT2D eigenvalue weighted by Crippen LogP contribution is 2.33. The van der Waals surface area contributed by atoms with Gasteiger partial charge >= 0.3 is 0 Å². The van der Waals surface area contributed by atoms with E-state index in [4.69, 9.17) is 14.2 Å². The maximum atomic E-state index is 5.61. The van der Waals surface area contributed by atoms with Gasteiger partial charge in [-0.1, -0.05) is 64.4 Å². The molecule has 1 atom stereocenters. The van der Waals surface area contributed by atoms with Gasteiger partial charge < -0.3 is 14.2 Å². The van der Waals surface area contributed by atoms with Gasteiger partial charge in [-0.15, -0.1) is 6.58 Å². The van der Waals surface area contributed by atoms with Gasteiger partial charge in [0.1, 0.15) is 0 Å². The Morgan fingerprint density at radius 3 is 1.74 bits per heavy atom. The van der Waals surface area contributed by atoms with Crippen molar-refractivity contribution in [2.45, 2.75) is 89.9 Å². The first-order valence-corrected chi connectivity index (χ1v) is 9.47. The lowest BCUT2D eigenvalue weighted by Crippen LogP contribution is -2.44. The maximum Gasteiger partial charge on any atom is 0.285 e. The minimum absolute atomic E-state index is 0.289. The van der Waals surface area contributed by atoms with Crippen LogP contribution in [-0.2, 0) is 14.2 Å². The van der Waals surface area contributed by atoms with Crippen molar-refractivity contribution in [3.8, 4) is 0 Å². The second kappa shape index (κ2) is 15.2. The summed E-state index contributed by atoms with van der Waals surface area (Å²) in [7, 11) is 5.04. The lowest BCUT2D eigenvalue weighted by Gasteiger charge is -2.36. The summed E-state index contributed by atoms with van der Waals surface area (Å²) in [5, 5.41) is 0. The molecule has 0 aliphatic rings. The van der Waals surface area contributed by atoms with E-state index < -0.39 is 5.97 Å². The molecule has 0 bridgehead atoms. The summed E-state index contributed by atoms with van der Waals surface area (Å²) in [6, 6.07) is 0. The van der Waals surface area contributed by atoms with Crippen LogP contribution in [0.4, 0.5) is 0 Å². The second-order valence-electron chi connectivity index (χ2n) is 6.40. The number of ether oxygens (including phenoxy) is 3. The Bertz CT molecular complexity index is 253. The SMILES string of the molecule is C=CCCCCCC(CCCCCCCC)C(OC)(OC)OC. The van der Waals surface area contributed by atoms with Crippen LogP contribution >= 0.6 is 0 Å². The van der Waals surface area contributed by atoms with Crippen molar-refractivity contribution < 1.29 is 14.2 Å². The molecule has 23 heavy (non-hydrogen) atoms. The highest BCUT2D eigenvalue weighted by Gasteiger charge is 2.39. The van der Waals surface area contributed by atoms with E-state index in [1.54, 1.807) is 21.3 Å². The van der Waals surface area contributed by atoms with Crippen molar-refractivity contribution in [3.63, 3.8) is 0 Å². The van der Waals surface area contributed by atoms with E-state index in [0.717, 1.165) is 19.3 Å². The number of methoxy groups -OCH3 is 3. The van der Waals surface area contributed by atoms with Crippen molar-refractivity contribution in [2.75, 3.05) is 21.3 Å². The summed E-state index contributed by atoms with van der Waals surface area (Å²) in [5.74, 6) is -0.598. The summed E-state index contributed by atoms with van der Waals surface area (Å²) in [6.45, 7) is 6.04. The highest BCUT2D eigenvalue weighted by molar-refractivity contribution is 4.72. The van der Waals surface area contributed by atoms with Crippen molar-refractivity contribution in [3.05, 3.63) is 12.7 Å².